The molecule has 0 spiro atoms. The first kappa shape index (κ1) is 14.3. The van der Waals surface area contributed by atoms with E-state index in [2.05, 4.69) is 37.5 Å². The van der Waals surface area contributed by atoms with Crippen molar-refractivity contribution in [1.29, 1.82) is 0 Å². The fourth-order valence-corrected chi connectivity index (χ4v) is 2.57. The van der Waals surface area contributed by atoms with Gasteiger partial charge in [-0.05, 0) is 31.5 Å². The summed E-state index contributed by atoms with van der Waals surface area (Å²) in [5.41, 5.74) is 0. The van der Waals surface area contributed by atoms with Crippen LogP contribution in [0, 0.1) is 0 Å². The van der Waals surface area contributed by atoms with Crippen LogP contribution in [-0.2, 0) is 0 Å². The number of nitrogens with zero attached hydrogens (tertiary/aromatic N) is 4. The Hall–Kier alpha value is -1.14. The summed E-state index contributed by atoms with van der Waals surface area (Å²) in [6.07, 6.45) is 5.35. The predicted molar refractivity (Wildman–Crippen MR) is 77.8 cm³/mol. The smallest absolute Gasteiger partial charge is 0.228 e. The van der Waals surface area contributed by atoms with Gasteiger partial charge in [-0.15, -0.1) is 0 Å². The summed E-state index contributed by atoms with van der Waals surface area (Å²) >= 11 is 5.82. The molecule has 106 valence electrons. The Morgan fingerprint density at radius 3 is 2.58 bits per heavy atom. The van der Waals surface area contributed by atoms with E-state index in [0.717, 1.165) is 19.1 Å². The van der Waals surface area contributed by atoms with Crippen LogP contribution in [0.4, 0.5) is 11.9 Å². The van der Waals surface area contributed by atoms with Crippen LogP contribution < -0.4 is 10.6 Å². The molecular formula is C12H21ClN6. The van der Waals surface area contributed by atoms with Gasteiger partial charge in [-0.2, -0.15) is 15.0 Å². The quantitative estimate of drug-likeness (QED) is 0.831. The maximum atomic E-state index is 5.82. The summed E-state index contributed by atoms with van der Waals surface area (Å²) < 4.78 is 0. The number of hydrogen-bond donors (Lipinski definition) is 2. The maximum absolute atomic E-state index is 5.82. The molecular weight excluding hydrogens is 264 g/mol. The first-order chi connectivity index (χ1) is 9.19. The summed E-state index contributed by atoms with van der Waals surface area (Å²) in [7, 11) is 3.93. The first-order valence-electron chi connectivity index (χ1n) is 6.72. The Labute approximate surface area is 119 Å². The highest BCUT2D eigenvalue weighted by Gasteiger charge is 2.18. The molecule has 0 unspecified atom stereocenters. The number of likely N-dealkylation sites (N-methyl/N-ethyl adjacent to an activating group) is 1. The second kappa shape index (κ2) is 6.86. The molecule has 1 aliphatic rings. The Balaban J connectivity index is 1.80. The van der Waals surface area contributed by atoms with Crippen molar-refractivity contribution in [3.05, 3.63) is 5.28 Å². The minimum absolute atomic E-state index is 0.200. The molecule has 0 saturated heterocycles. The van der Waals surface area contributed by atoms with Crippen molar-refractivity contribution in [1.82, 2.24) is 19.9 Å². The highest BCUT2D eigenvalue weighted by molar-refractivity contribution is 6.28. The largest absolute Gasteiger partial charge is 0.357 e. The van der Waals surface area contributed by atoms with Crippen molar-refractivity contribution in [2.75, 3.05) is 37.8 Å². The zero-order chi connectivity index (χ0) is 13.7. The van der Waals surface area contributed by atoms with Gasteiger partial charge in [0.25, 0.3) is 0 Å². The van der Waals surface area contributed by atoms with Gasteiger partial charge < -0.3 is 15.5 Å². The summed E-state index contributed by atoms with van der Waals surface area (Å²) in [6.45, 7) is 1.78. The minimum Gasteiger partial charge on any atom is -0.357 e. The van der Waals surface area contributed by atoms with E-state index < -0.39 is 0 Å². The van der Waals surface area contributed by atoms with Crippen LogP contribution in [-0.4, -0.2) is 53.1 Å². The van der Waals surface area contributed by atoms with Crippen molar-refractivity contribution in [3.63, 3.8) is 0 Å². The van der Waals surface area contributed by atoms with E-state index in [4.69, 9.17) is 11.6 Å². The van der Waals surface area contributed by atoms with Crippen molar-refractivity contribution in [3.8, 4) is 0 Å². The lowest BCUT2D eigenvalue weighted by atomic mass is 10.2. The summed E-state index contributed by atoms with van der Waals surface area (Å²) in [5, 5.41) is 6.24. The molecule has 0 aromatic carbocycles. The lowest BCUT2D eigenvalue weighted by molar-refractivity contribution is 0.254. The van der Waals surface area contributed by atoms with Crippen LogP contribution in [0.3, 0.4) is 0 Å². The molecule has 0 bridgehead atoms. The molecule has 1 saturated carbocycles. The van der Waals surface area contributed by atoms with Gasteiger partial charge >= 0.3 is 0 Å². The zero-order valence-electron chi connectivity index (χ0n) is 11.5. The Morgan fingerprint density at radius 1 is 1.21 bits per heavy atom. The summed E-state index contributed by atoms with van der Waals surface area (Å²) in [4.78, 5) is 14.6. The molecule has 0 atom stereocenters. The molecule has 1 aliphatic carbocycles. The average Bonchev–Trinajstić information content (AvgIpc) is 2.92. The number of nitrogens with one attached hydrogen (secondary N) is 2. The van der Waals surface area contributed by atoms with Gasteiger partial charge in [0.15, 0.2) is 0 Å². The number of rotatable bonds is 6. The molecule has 1 heterocycles. The predicted octanol–water partition coefficient (Wildman–Crippen LogP) is 1.85. The third-order valence-corrected chi connectivity index (χ3v) is 3.70. The van der Waals surface area contributed by atoms with Gasteiger partial charge in [-0.3, -0.25) is 0 Å². The van der Waals surface area contributed by atoms with Crippen molar-refractivity contribution in [2.24, 2.45) is 0 Å². The monoisotopic (exact) mass is 284 g/mol. The molecule has 0 radical (unpaired) electrons. The van der Waals surface area contributed by atoms with E-state index in [1.54, 1.807) is 7.05 Å². The fourth-order valence-electron chi connectivity index (χ4n) is 2.41. The number of anilines is 2. The number of aromatic nitrogens is 3. The normalized spacial score (nSPS) is 16.0. The standard InChI is InChI=1S/C12H21ClN6/c1-14-11-16-10(13)17-12(18-11)15-7-8-19(2)9-5-3-4-6-9/h9H,3-8H2,1-2H3,(H2,14,15,16,17,18). The second-order valence-electron chi connectivity index (χ2n) is 4.85. The van der Waals surface area contributed by atoms with Gasteiger partial charge in [0, 0.05) is 26.2 Å². The minimum atomic E-state index is 0.200. The van der Waals surface area contributed by atoms with Crippen LogP contribution in [0.1, 0.15) is 25.7 Å². The van der Waals surface area contributed by atoms with E-state index >= 15 is 0 Å². The summed E-state index contributed by atoms with van der Waals surface area (Å²) in [5.74, 6) is 0.996. The first-order valence-corrected chi connectivity index (χ1v) is 7.10. The van der Waals surface area contributed by atoms with E-state index in [1.165, 1.54) is 25.7 Å². The molecule has 2 N–H and O–H groups in total. The molecule has 2 rings (SSSR count). The van der Waals surface area contributed by atoms with Gasteiger partial charge in [0.2, 0.25) is 17.2 Å². The van der Waals surface area contributed by atoms with E-state index in [-0.39, 0.29) is 5.28 Å². The highest BCUT2D eigenvalue weighted by Crippen LogP contribution is 2.21. The Bertz CT molecular complexity index is 407. The van der Waals surface area contributed by atoms with Gasteiger partial charge in [0.1, 0.15) is 0 Å². The molecule has 6 nitrogen and oxygen atoms in total. The van der Waals surface area contributed by atoms with Gasteiger partial charge in [-0.1, -0.05) is 12.8 Å². The average molecular weight is 285 g/mol. The third kappa shape index (κ3) is 4.18. The van der Waals surface area contributed by atoms with E-state index in [9.17, 15) is 0 Å². The van der Waals surface area contributed by atoms with Crippen LogP contribution in [0.2, 0.25) is 5.28 Å². The SMILES string of the molecule is CNc1nc(Cl)nc(NCCN(C)C2CCCC2)n1. The van der Waals surface area contributed by atoms with E-state index in [1.807, 2.05) is 0 Å². The summed E-state index contributed by atoms with van der Waals surface area (Å²) in [6, 6.07) is 0.733. The fraction of sp³-hybridized carbons (Fsp3) is 0.750. The molecule has 7 heteroatoms. The van der Waals surface area contributed by atoms with Crippen molar-refractivity contribution in [2.45, 2.75) is 31.7 Å². The molecule has 1 aromatic rings. The lowest BCUT2D eigenvalue weighted by Crippen LogP contribution is -2.33. The van der Waals surface area contributed by atoms with Crippen LogP contribution in [0.25, 0.3) is 0 Å². The van der Waals surface area contributed by atoms with Gasteiger partial charge in [0.05, 0.1) is 0 Å². The lowest BCUT2D eigenvalue weighted by Gasteiger charge is -2.23. The third-order valence-electron chi connectivity index (χ3n) is 3.53. The molecule has 0 aliphatic heterocycles. The van der Waals surface area contributed by atoms with Gasteiger partial charge in [-0.25, -0.2) is 0 Å². The van der Waals surface area contributed by atoms with Crippen molar-refractivity contribution < 1.29 is 0 Å². The maximum Gasteiger partial charge on any atom is 0.228 e. The van der Waals surface area contributed by atoms with Crippen LogP contribution in [0.15, 0.2) is 0 Å². The number of hydrogen-bond acceptors (Lipinski definition) is 6. The van der Waals surface area contributed by atoms with E-state index in [0.29, 0.717) is 11.9 Å². The molecule has 1 fully saturated rings. The molecule has 1 aromatic heterocycles. The highest BCUT2D eigenvalue weighted by atomic mass is 35.5. The second-order valence-corrected chi connectivity index (χ2v) is 5.19. The zero-order valence-corrected chi connectivity index (χ0v) is 12.2. The number of halogens is 1. The molecule has 0 amide bonds. The Kier molecular flexibility index (Phi) is 5.15. The van der Waals surface area contributed by atoms with Crippen LogP contribution in [0.5, 0.6) is 0 Å². The molecule has 19 heavy (non-hydrogen) atoms. The van der Waals surface area contributed by atoms with Crippen molar-refractivity contribution >= 4 is 23.5 Å². The van der Waals surface area contributed by atoms with Crippen LogP contribution >= 0.6 is 11.6 Å². The Morgan fingerprint density at radius 2 is 1.89 bits per heavy atom. The topological polar surface area (TPSA) is 66.0 Å².